The van der Waals surface area contributed by atoms with E-state index in [1.807, 2.05) is 6.07 Å². The molecule has 1 aromatic rings. The van der Waals surface area contributed by atoms with E-state index in [1.54, 1.807) is 26.2 Å². The van der Waals surface area contributed by atoms with Crippen LogP contribution < -0.4 is 10.1 Å². The Morgan fingerprint density at radius 3 is 2.71 bits per heavy atom. The summed E-state index contributed by atoms with van der Waals surface area (Å²) in [7, 11) is 1.55. The predicted octanol–water partition coefficient (Wildman–Crippen LogP) is 1.75. The number of ether oxygens (including phenoxy) is 1. The van der Waals surface area contributed by atoms with Gasteiger partial charge in [-0.05, 0) is 49.5 Å². The first kappa shape index (κ1) is 15.6. The second-order valence-corrected chi connectivity index (χ2v) is 5.66. The first-order valence-corrected chi connectivity index (χ1v) is 7.41. The molecule has 0 radical (unpaired) electrons. The SMILES string of the molecule is COc1ccc(CN2CCC(CNC(C)=O)CC2)cc1O. The monoisotopic (exact) mass is 292 g/mol. The van der Waals surface area contributed by atoms with Gasteiger partial charge in [-0.1, -0.05) is 6.07 Å². The maximum atomic E-state index is 10.9. The molecule has 2 N–H and O–H groups in total. The molecule has 5 heteroatoms. The highest BCUT2D eigenvalue weighted by Gasteiger charge is 2.19. The molecular formula is C16H24N2O3. The van der Waals surface area contributed by atoms with E-state index in [0.29, 0.717) is 11.7 Å². The van der Waals surface area contributed by atoms with Crippen LogP contribution in [0.5, 0.6) is 11.5 Å². The number of methoxy groups -OCH3 is 1. The Morgan fingerprint density at radius 1 is 1.43 bits per heavy atom. The third-order valence-corrected chi connectivity index (χ3v) is 4.00. The standard InChI is InChI=1S/C16H24N2O3/c1-12(19)17-10-13-5-7-18(8-6-13)11-14-3-4-16(21-2)15(20)9-14/h3-4,9,13,20H,5-8,10-11H2,1-2H3,(H,17,19). The molecule has 0 atom stereocenters. The van der Waals surface area contributed by atoms with Gasteiger partial charge in [0, 0.05) is 20.0 Å². The fourth-order valence-electron chi connectivity index (χ4n) is 2.73. The number of hydrogen-bond donors (Lipinski definition) is 2. The maximum absolute atomic E-state index is 10.9. The highest BCUT2D eigenvalue weighted by molar-refractivity contribution is 5.72. The fourth-order valence-corrected chi connectivity index (χ4v) is 2.73. The Bertz CT molecular complexity index is 482. The van der Waals surface area contributed by atoms with Gasteiger partial charge in [0.05, 0.1) is 7.11 Å². The van der Waals surface area contributed by atoms with E-state index in [-0.39, 0.29) is 11.7 Å². The minimum atomic E-state index is 0.0473. The van der Waals surface area contributed by atoms with Crippen molar-refractivity contribution >= 4 is 5.91 Å². The van der Waals surface area contributed by atoms with Crippen molar-refractivity contribution in [1.82, 2.24) is 10.2 Å². The van der Waals surface area contributed by atoms with E-state index in [9.17, 15) is 9.90 Å². The number of likely N-dealkylation sites (tertiary alicyclic amines) is 1. The zero-order valence-electron chi connectivity index (χ0n) is 12.8. The molecule has 0 spiro atoms. The summed E-state index contributed by atoms with van der Waals surface area (Å²) in [6.07, 6.45) is 2.20. The Morgan fingerprint density at radius 2 is 2.14 bits per heavy atom. The average molecular weight is 292 g/mol. The van der Waals surface area contributed by atoms with Crippen molar-refractivity contribution in [2.75, 3.05) is 26.7 Å². The molecule has 0 bridgehead atoms. The zero-order valence-corrected chi connectivity index (χ0v) is 12.8. The van der Waals surface area contributed by atoms with Gasteiger partial charge in [0.15, 0.2) is 11.5 Å². The molecule has 1 aromatic carbocycles. The number of nitrogens with zero attached hydrogens (tertiary/aromatic N) is 1. The van der Waals surface area contributed by atoms with Crippen LogP contribution in [0.2, 0.25) is 0 Å². The van der Waals surface area contributed by atoms with Crippen LogP contribution in [0.15, 0.2) is 18.2 Å². The van der Waals surface area contributed by atoms with Crippen molar-refractivity contribution in [3.05, 3.63) is 23.8 Å². The minimum Gasteiger partial charge on any atom is -0.504 e. The average Bonchev–Trinajstić information content (AvgIpc) is 2.47. The number of phenols is 1. The highest BCUT2D eigenvalue weighted by Crippen LogP contribution is 2.27. The molecule has 0 aliphatic carbocycles. The van der Waals surface area contributed by atoms with Gasteiger partial charge in [-0.25, -0.2) is 0 Å². The lowest BCUT2D eigenvalue weighted by molar-refractivity contribution is -0.119. The second kappa shape index (κ2) is 7.31. The summed E-state index contributed by atoms with van der Waals surface area (Å²) in [5.74, 6) is 1.32. The number of nitrogens with one attached hydrogen (secondary N) is 1. The Hall–Kier alpha value is -1.75. The molecule has 0 aromatic heterocycles. The Kier molecular flexibility index (Phi) is 5.44. The lowest BCUT2D eigenvalue weighted by Crippen LogP contribution is -2.37. The number of carbonyl (C=O) groups is 1. The summed E-state index contributed by atoms with van der Waals surface area (Å²) in [6.45, 7) is 5.23. The molecule has 116 valence electrons. The van der Waals surface area contributed by atoms with Gasteiger partial charge in [-0.3, -0.25) is 9.69 Å². The first-order chi connectivity index (χ1) is 10.1. The molecular weight excluding hydrogens is 268 g/mol. The van der Waals surface area contributed by atoms with Crippen molar-refractivity contribution < 1.29 is 14.6 Å². The smallest absolute Gasteiger partial charge is 0.216 e. The number of rotatable bonds is 5. The van der Waals surface area contributed by atoms with Gasteiger partial charge < -0.3 is 15.2 Å². The summed E-state index contributed by atoms with van der Waals surface area (Å²) in [6, 6.07) is 5.55. The second-order valence-electron chi connectivity index (χ2n) is 5.66. The van der Waals surface area contributed by atoms with E-state index in [4.69, 9.17) is 4.74 Å². The Balaban J connectivity index is 1.80. The number of benzene rings is 1. The summed E-state index contributed by atoms with van der Waals surface area (Å²) >= 11 is 0. The van der Waals surface area contributed by atoms with Crippen molar-refractivity contribution in [2.24, 2.45) is 5.92 Å². The summed E-state index contributed by atoms with van der Waals surface area (Å²) in [4.78, 5) is 13.3. The van der Waals surface area contributed by atoms with E-state index >= 15 is 0 Å². The quantitative estimate of drug-likeness (QED) is 0.868. The fraction of sp³-hybridized carbons (Fsp3) is 0.562. The third kappa shape index (κ3) is 4.63. The summed E-state index contributed by atoms with van der Waals surface area (Å²) in [5, 5.41) is 12.7. The van der Waals surface area contributed by atoms with Gasteiger partial charge in [0.2, 0.25) is 5.91 Å². The predicted molar refractivity (Wildman–Crippen MR) is 81.3 cm³/mol. The van der Waals surface area contributed by atoms with Crippen molar-refractivity contribution in [2.45, 2.75) is 26.3 Å². The van der Waals surface area contributed by atoms with Crippen molar-refractivity contribution in [1.29, 1.82) is 0 Å². The van der Waals surface area contributed by atoms with Crippen LogP contribution >= 0.6 is 0 Å². The van der Waals surface area contributed by atoms with Crippen LogP contribution in [-0.2, 0) is 11.3 Å². The molecule has 1 heterocycles. The molecule has 1 amide bonds. The molecule has 1 saturated heterocycles. The number of amides is 1. The molecule has 0 saturated carbocycles. The number of phenolic OH excluding ortho intramolecular Hbond substituents is 1. The maximum Gasteiger partial charge on any atom is 0.216 e. The molecule has 1 fully saturated rings. The molecule has 0 unspecified atom stereocenters. The first-order valence-electron chi connectivity index (χ1n) is 7.41. The van der Waals surface area contributed by atoms with Gasteiger partial charge in [-0.15, -0.1) is 0 Å². The summed E-state index contributed by atoms with van der Waals surface area (Å²) in [5.41, 5.74) is 1.09. The van der Waals surface area contributed by atoms with Gasteiger partial charge in [0.1, 0.15) is 0 Å². The van der Waals surface area contributed by atoms with Crippen LogP contribution in [-0.4, -0.2) is 42.7 Å². The van der Waals surface area contributed by atoms with Gasteiger partial charge in [-0.2, -0.15) is 0 Å². The molecule has 1 aliphatic heterocycles. The van der Waals surface area contributed by atoms with Crippen molar-refractivity contribution in [3.8, 4) is 11.5 Å². The van der Waals surface area contributed by atoms with Crippen molar-refractivity contribution in [3.63, 3.8) is 0 Å². The lowest BCUT2D eigenvalue weighted by Gasteiger charge is -2.32. The topological polar surface area (TPSA) is 61.8 Å². The van der Waals surface area contributed by atoms with Crippen LogP contribution in [0.4, 0.5) is 0 Å². The van der Waals surface area contributed by atoms with Crippen LogP contribution in [0, 0.1) is 5.92 Å². The Labute approximate surface area is 125 Å². The van der Waals surface area contributed by atoms with E-state index < -0.39 is 0 Å². The lowest BCUT2D eigenvalue weighted by atomic mass is 9.96. The van der Waals surface area contributed by atoms with E-state index in [0.717, 1.165) is 44.6 Å². The number of carbonyl (C=O) groups excluding carboxylic acids is 1. The summed E-state index contributed by atoms with van der Waals surface area (Å²) < 4.78 is 5.05. The van der Waals surface area contributed by atoms with Gasteiger partial charge in [0.25, 0.3) is 0 Å². The van der Waals surface area contributed by atoms with E-state index in [1.165, 1.54) is 0 Å². The van der Waals surface area contributed by atoms with Crippen LogP contribution in [0.25, 0.3) is 0 Å². The van der Waals surface area contributed by atoms with Gasteiger partial charge >= 0.3 is 0 Å². The molecule has 21 heavy (non-hydrogen) atoms. The third-order valence-electron chi connectivity index (χ3n) is 4.00. The van der Waals surface area contributed by atoms with E-state index in [2.05, 4.69) is 10.2 Å². The van der Waals surface area contributed by atoms with Crippen LogP contribution in [0.1, 0.15) is 25.3 Å². The normalized spacial score (nSPS) is 16.7. The highest BCUT2D eigenvalue weighted by atomic mass is 16.5. The molecule has 1 aliphatic rings. The number of aromatic hydroxyl groups is 1. The number of piperidine rings is 1. The zero-order chi connectivity index (χ0) is 15.2. The minimum absolute atomic E-state index is 0.0473. The molecule has 5 nitrogen and oxygen atoms in total. The number of hydrogen-bond acceptors (Lipinski definition) is 4. The van der Waals surface area contributed by atoms with Crippen LogP contribution in [0.3, 0.4) is 0 Å². The molecule has 2 rings (SSSR count). The largest absolute Gasteiger partial charge is 0.504 e.